The molecule has 4 N–H and O–H groups in total. The number of aromatic hydroxyl groups is 2. The molecule has 0 bridgehead atoms. The zero-order valence-corrected chi connectivity index (χ0v) is 14.5. The van der Waals surface area contributed by atoms with Gasteiger partial charge in [0.1, 0.15) is 23.1 Å². The first-order chi connectivity index (χ1) is 13.0. The zero-order chi connectivity index (χ0) is 19.4. The van der Waals surface area contributed by atoms with Crippen LogP contribution in [-0.2, 0) is 4.79 Å². The monoisotopic (exact) mass is 359 g/mol. The van der Waals surface area contributed by atoms with Crippen molar-refractivity contribution in [3.63, 3.8) is 0 Å². The lowest BCUT2D eigenvalue weighted by molar-refractivity contribution is -0.112. The van der Waals surface area contributed by atoms with Crippen LogP contribution in [0, 0.1) is 18.3 Å². The lowest BCUT2D eigenvalue weighted by atomic mass is 10.1. The third-order valence-electron chi connectivity index (χ3n) is 4.04. The van der Waals surface area contributed by atoms with Crippen molar-refractivity contribution in [2.24, 2.45) is 0 Å². The number of phenolic OH excluding ortho intramolecular Hbond substituents is 2. The van der Waals surface area contributed by atoms with Crippen molar-refractivity contribution in [3.8, 4) is 17.6 Å². The standard InChI is InChI=1S/C21H17N3O3/c1-13-8-9-20(26)18(10-13)23-12-14(11-22)21(27)24-17-6-2-5-16-15(17)4-3-7-19(16)25/h2-10,12,23,25-26H,1H3,(H,24,27)/b14-12-. The molecule has 0 fully saturated rings. The minimum Gasteiger partial charge on any atom is -0.507 e. The molecular formula is C21H17N3O3. The van der Waals surface area contributed by atoms with Gasteiger partial charge in [-0.15, -0.1) is 0 Å². The van der Waals surface area contributed by atoms with Crippen molar-refractivity contribution < 1.29 is 15.0 Å². The molecule has 6 heteroatoms. The summed E-state index contributed by atoms with van der Waals surface area (Å²) < 4.78 is 0. The minimum absolute atomic E-state index is 0.0130. The summed E-state index contributed by atoms with van der Waals surface area (Å²) in [5, 5.41) is 35.8. The number of aryl methyl sites for hydroxylation is 1. The number of carbonyl (C=O) groups excluding carboxylic acids is 1. The second-order valence-corrected chi connectivity index (χ2v) is 5.97. The van der Waals surface area contributed by atoms with E-state index < -0.39 is 5.91 Å². The van der Waals surface area contributed by atoms with E-state index in [0.717, 1.165) is 5.56 Å². The maximum atomic E-state index is 12.5. The van der Waals surface area contributed by atoms with Gasteiger partial charge in [-0.2, -0.15) is 5.26 Å². The van der Waals surface area contributed by atoms with E-state index in [2.05, 4.69) is 10.6 Å². The van der Waals surface area contributed by atoms with Gasteiger partial charge in [0.2, 0.25) is 0 Å². The topological polar surface area (TPSA) is 105 Å². The smallest absolute Gasteiger partial charge is 0.267 e. The molecule has 0 aromatic heterocycles. The molecule has 0 saturated heterocycles. The minimum atomic E-state index is -0.604. The van der Waals surface area contributed by atoms with Crippen molar-refractivity contribution in [1.82, 2.24) is 0 Å². The molecule has 0 radical (unpaired) electrons. The van der Waals surface area contributed by atoms with Gasteiger partial charge < -0.3 is 20.8 Å². The van der Waals surface area contributed by atoms with Gasteiger partial charge >= 0.3 is 0 Å². The highest BCUT2D eigenvalue weighted by Crippen LogP contribution is 2.30. The van der Waals surface area contributed by atoms with Gasteiger partial charge in [-0.3, -0.25) is 4.79 Å². The molecule has 0 unspecified atom stereocenters. The van der Waals surface area contributed by atoms with Gasteiger partial charge in [-0.1, -0.05) is 30.3 Å². The summed E-state index contributed by atoms with van der Waals surface area (Å²) in [7, 11) is 0. The Bertz CT molecular complexity index is 1100. The molecule has 1 amide bonds. The first kappa shape index (κ1) is 17.8. The van der Waals surface area contributed by atoms with Crippen LogP contribution in [0.15, 0.2) is 66.4 Å². The van der Waals surface area contributed by atoms with Crippen molar-refractivity contribution >= 4 is 28.1 Å². The van der Waals surface area contributed by atoms with Crippen LogP contribution in [-0.4, -0.2) is 16.1 Å². The Labute approximate surface area is 156 Å². The summed E-state index contributed by atoms with van der Waals surface area (Å²) in [5.74, 6) is -0.483. The van der Waals surface area contributed by atoms with E-state index in [-0.39, 0.29) is 17.1 Å². The van der Waals surface area contributed by atoms with Crippen LogP contribution in [0.2, 0.25) is 0 Å². The Morgan fingerprint density at radius 1 is 1.00 bits per heavy atom. The second-order valence-electron chi connectivity index (χ2n) is 5.97. The summed E-state index contributed by atoms with van der Waals surface area (Å²) in [6, 6.07) is 17.0. The highest BCUT2D eigenvalue weighted by molar-refractivity contribution is 6.11. The lowest BCUT2D eigenvalue weighted by Gasteiger charge is -2.10. The third kappa shape index (κ3) is 3.83. The molecule has 0 atom stereocenters. The maximum absolute atomic E-state index is 12.5. The van der Waals surface area contributed by atoms with E-state index in [1.165, 1.54) is 12.3 Å². The van der Waals surface area contributed by atoms with Gasteiger partial charge in [0, 0.05) is 22.7 Å². The molecule has 0 aliphatic heterocycles. The number of nitrogens with zero attached hydrogens (tertiary/aromatic N) is 1. The number of carbonyl (C=O) groups is 1. The number of phenols is 2. The normalized spacial score (nSPS) is 11.0. The van der Waals surface area contributed by atoms with Crippen LogP contribution in [0.1, 0.15) is 5.56 Å². The molecule has 3 aromatic rings. The van der Waals surface area contributed by atoms with E-state index in [0.29, 0.717) is 22.1 Å². The Hall–Kier alpha value is -3.98. The molecular weight excluding hydrogens is 342 g/mol. The maximum Gasteiger partial charge on any atom is 0.267 e. The van der Waals surface area contributed by atoms with Crippen molar-refractivity contribution in [2.45, 2.75) is 6.92 Å². The molecule has 6 nitrogen and oxygen atoms in total. The van der Waals surface area contributed by atoms with E-state index in [4.69, 9.17) is 0 Å². The van der Waals surface area contributed by atoms with E-state index in [1.807, 2.05) is 13.0 Å². The number of hydrogen-bond donors (Lipinski definition) is 4. The third-order valence-corrected chi connectivity index (χ3v) is 4.04. The van der Waals surface area contributed by atoms with Crippen LogP contribution in [0.3, 0.4) is 0 Å². The van der Waals surface area contributed by atoms with Gasteiger partial charge in [-0.05, 0) is 36.8 Å². The molecule has 0 heterocycles. The Morgan fingerprint density at radius 3 is 2.52 bits per heavy atom. The molecule has 134 valence electrons. The number of benzene rings is 3. The number of rotatable bonds is 4. The highest BCUT2D eigenvalue weighted by atomic mass is 16.3. The van der Waals surface area contributed by atoms with Gasteiger partial charge in [-0.25, -0.2) is 0 Å². The molecule has 0 saturated carbocycles. The number of anilines is 2. The molecule has 27 heavy (non-hydrogen) atoms. The second kappa shape index (κ2) is 7.50. The summed E-state index contributed by atoms with van der Waals surface area (Å²) in [5.41, 5.74) is 1.63. The quantitative estimate of drug-likeness (QED) is 0.320. The molecule has 0 spiro atoms. The molecule has 0 aliphatic carbocycles. The van der Waals surface area contributed by atoms with Crippen LogP contribution < -0.4 is 10.6 Å². The average Bonchev–Trinajstić information content (AvgIpc) is 2.66. The first-order valence-electron chi connectivity index (χ1n) is 8.18. The fraction of sp³-hybridized carbons (Fsp3) is 0.0476. The van der Waals surface area contributed by atoms with Gasteiger partial charge in [0.25, 0.3) is 5.91 Å². The van der Waals surface area contributed by atoms with Gasteiger partial charge in [0.05, 0.1) is 5.69 Å². The zero-order valence-electron chi connectivity index (χ0n) is 14.5. The lowest BCUT2D eigenvalue weighted by Crippen LogP contribution is -2.14. The SMILES string of the molecule is Cc1ccc(O)c(N/C=C(/C#N)C(=O)Nc2cccc3c(O)cccc23)c1. The summed E-state index contributed by atoms with van der Waals surface area (Å²) in [6.07, 6.45) is 1.24. The predicted octanol–water partition coefficient (Wildman–Crippen LogP) is 4.02. The molecule has 3 rings (SSSR count). The highest BCUT2D eigenvalue weighted by Gasteiger charge is 2.12. The summed E-state index contributed by atoms with van der Waals surface area (Å²) in [6.45, 7) is 1.86. The Morgan fingerprint density at radius 2 is 1.74 bits per heavy atom. The molecule has 3 aromatic carbocycles. The summed E-state index contributed by atoms with van der Waals surface area (Å²) in [4.78, 5) is 12.5. The van der Waals surface area contributed by atoms with E-state index in [1.54, 1.807) is 48.5 Å². The van der Waals surface area contributed by atoms with Crippen LogP contribution in [0.25, 0.3) is 10.8 Å². The Balaban J connectivity index is 1.85. The number of nitrogens with one attached hydrogen (secondary N) is 2. The predicted molar refractivity (Wildman–Crippen MR) is 104 cm³/mol. The van der Waals surface area contributed by atoms with Crippen LogP contribution in [0.4, 0.5) is 11.4 Å². The Kier molecular flexibility index (Phi) is 4.95. The van der Waals surface area contributed by atoms with Gasteiger partial charge in [0.15, 0.2) is 0 Å². The first-order valence-corrected chi connectivity index (χ1v) is 8.18. The summed E-state index contributed by atoms with van der Waals surface area (Å²) >= 11 is 0. The van der Waals surface area contributed by atoms with Crippen molar-refractivity contribution in [3.05, 3.63) is 71.9 Å². The van der Waals surface area contributed by atoms with E-state index >= 15 is 0 Å². The molecule has 0 aliphatic rings. The van der Waals surface area contributed by atoms with E-state index in [9.17, 15) is 20.3 Å². The average molecular weight is 359 g/mol. The fourth-order valence-electron chi connectivity index (χ4n) is 2.66. The number of nitriles is 1. The number of amides is 1. The van der Waals surface area contributed by atoms with Crippen LogP contribution >= 0.6 is 0 Å². The fourth-order valence-corrected chi connectivity index (χ4v) is 2.66. The van der Waals surface area contributed by atoms with Crippen molar-refractivity contribution in [1.29, 1.82) is 5.26 Å². The number of fused-ring (bicyclic) bond motifs is 1. The van der Waals surface area contributed by atoms with Crippen LogP contribution in [0.5, 0.6) is 11.5 Å². The largest absolute Gasteiger partial charge is 0.507 e. The number of hydrogen-bond acceptors (Lipinski definition) is 5. The van der Waals surface area contributed by atoms with Crippen molar-refractivity contribution in [2.75, 3.05) is 10.6 Å².